The average molecular weight is 162 g/mol. The topological polar surface area (TPSA) is 66.4 Å². The molecule has 0 heterocycles. The molecule has 0 aromatic heterocycles. The zero-order valence-corrected chi connectivity index (χ0v) is 8.48. The fraction of sp³-hybridized carbons (Fsp3) is 0.500. The van der Waals surface area contributed by atoms with Gasteiger partial charge in [-0.2, -0.15) is 0 Å². The summed E-state index contributed by atoms with van der Waals surface area (Å²) in [4.78, 5) is 9.64. The molecule has 0 saturated carbocycles. The average Bonchev–Trinajstić information content (AvgIpc) is 1.27. The molecule has 0 rings (SSSR count). The zero-order chi connectivity index (χ0) is 5.86. The van der Waals surface area contributed by atoms with Crippen molar-refractivity contribution in [1.82, 2.24) is 0 Å². The summed E-state index contributed by atoms with van der Waals surface area (Å²) >= 11 is -2.70. The van der Waals surface area contributed by atoms with Crippen molar-refractivity contribution in [3.63, 3.8) is 0 Å². The van der Waals surface area contributed by atoms with E-state index in [9.17, 15) is 13.6 Å². The molecular weight excluding hydrogens is 159 g/mol. The van der Waals surface area contributed by atoms with E-state index >= 15 is 0 Å². The van der Waals surface area contributed by atoms with Crippen molar-refractivity contribution in [3.8, 4) is 0 Å². The van der Waals surface area contributed by atoms with Crippen LogP contribution in [0.3, 0.4) is 0 Å². The van der Waals surface area contributed by atoms with Crippen LogP contribution >= 0.6 is 0 Å². The molecule has 1 atom stereocenters. The predicted octanol–water partition coefficient (Wildman–Crippen LogP) is -3.65. The Balaban J connectivity index is 0. The first-order valence-electron chi connectivity index (χ1n) is 1.41. The number of carbonyl (C=O) groups is 1. The van der Waals surface area contributed by atoms with Gasteiger partial charge in [0.15, 0.2) is 0 Å². The first kappa shape index (κ1) is 11.9. The predicted molar refractivity (Wildman–Crippen MR) is 20.7 cm³/mol. The van der Waals surface area contributed by atoms with Crippen molar-refractivity contribution >= 4 is 17.3 Å². The van der Waals surface area contributed by atoms with Crippen LogP contribution in [0.2, 0.25) is 0 Å². The minimum atomic E-state index is -2.70. The van der Waals surface area contributed by atoms with E-state index in [0.29, 0.717) is 0 Å². The molecule has 0 N–H and O–H groups in total. The number of hydrogen-bond acceptors (Lipinski definition) is 4. The van der Waals surface area contributed by atoms with Crippen molar-refractivity contribution in [1.29, 1.82) is 0 Å². The summed E-state index contributed by atoms with van der Waals surface area (Å²) in [5, 5.41) is 0. The molecule has 0 saturated heterocycles. The van der Waals surface area contributed by atoms with Crippen LogP contribution in [0.1, 0.15) is 6.92 Å². The van der Waals surface area contributed by atoms with Gasteiger partial charge < -0.3 is 8.74 Å². The molecule has 0 aromatic rings. The Hall–Kier alpha value is 1.22. The smallest absolute Gasteiger partial charge is 0.740 e. The molecule has 6 heteroatoms. The quantitative estimate of drug-likeness (QED) is 0.294. The molecular formula is C2H3KO4S. The third kappa shape index (κ3) is 10.2. The molecule has 0 aromatic carbocycles. The van der Waals surface area contributed by atoms with Crippen LogP contribution in [-0.4, -0.2) is 14.7 Å². The standard InChI is InChI=1S/C2H4O4S.K/c1-2(3)6-7(4)5;/h1H3,(H,4,5);/q;+1/p-1. The van der Waals surface area contributed by atoms with Crippen LogP contribution in [-0.2, 0) is 20.3 Å². The molecule has 0 aliphatic rings. The van der Waals surface area contributed by atoms with Gasteiger partial charge in [0.25, 0.3) is 0 Å². The molecule has 8 heavy (non-hydrogen) atoms. The largest absolute Gasteiger partial charge is 1.00 e. The zero-order valence-electron chi connectivity index (χ0n) is 4.54. The van der Waals surface area contributed by atoms with Crippen molar-refractivity contribution in [3.05, 3.63) is 0 Å². The summed E-state index contributed by atoms with van der Waals surface area (Å²) in [6.07, 6.45) is 0. The Morgan fingerprint density at radius 3 is 2.12 bits per heavy atom. The van der Waals surface area contributed by atoms with E-state index in [4.69, 9.17) is 0 Å². The minimum Gasteiger partial charge on any atom is -0.740 e. The van der Waals surface area contributed by atoms with E-state index in [1.807, 2.05) is 0 Å². The Kier molecular flexibility index (Phi) is 9.47. The van der Waals surface area contributed by atoms with Gasteiger partial charge in [-0.1, -0.05) is 0 Å². The van der Waals surface area contributed by atoms with Gasteiger partial charge in [0.05, 0.1) is 0 Å². The summed E-state index contributed by atoms with van der Waals surface area (Å²) < 4.78 is 22.3. The van der Waals surface area contributed by atoms with E-state index in [1.165, 1.54) is 0 Å². The molecule has 0 aliphatic carbocycles. The second-order valence-corrected chi connectivity index (χ2v) is 1.35. The Bertz CT molecular complexity index is 90.2. The summed E-state index contributed by atoms with van der Waals surface area (Å²) in [6, 6.07) is 0. The maximum atomic E-state index is 9.64. The second kappa shape index (κ2) is 6.34. The summed E-state index contributed by atoms with van der Waals surface area (Å²) in [5.41, 5.74) is 0. The first-order valence-corrected chi connectivity index (χ1v) is 2.41. The summed E-state index contributed by atoms with van der Waals surface area (Å²) in [5.74, 6) is -0.826. The fourth-order valence-electron chi connectivity index (χ4n) is 0.0958. The van der Waals surface area contributed by atoms with E-state index in [0.717, 1.165) is 6.92 Å². The molecule has 1 unspecified atom stereocenters. The van der Waals surface area contributed by atoms with Crippen molar-refractivity contribution in [2.45, 2.75) is 6.92 Å². The van der Waals surface area contributed by atoms with Gasteiger partial charge in [0.1, 0.15) is 11.4 Å². The van der Waals surface area contributed by atoms with Gasteiger partial charge in [0.2, 0.25) is 0 Å². The molecule has 0 amide bonds. The third-order valence-electron chi connectivity index (χ3n) is 0.185. The van der Waals surface area contributed by atoms with E-state index in [-0.39, 0.29) is 51.4 Å². The normalized spacial score (nSPS) is 11.2. The summed E-state index contributed by atoms with van der Waals surface area (Å²) in [6.45, 7) is 1.01. The molecule has 42 valence electrons. The molecule has 0 spiro atoms. The van der Waals surface area contributed by atoms with Gasteiger partial charge in [-0.25, -0.2) is 4.21 Å². The Labute approximate surface area is 91.9 Å². The third-order valence-corrected chi connectivity index (χ3v) is 0.556. The number of hydrogen-bond donors (Lipinski definition) is 0. The summed E-state index contributed by atoms with van der Waals surface area (Å²) in [7, 11) is 0. The molecule has 0 fully saturated rings. The SMILES string of the molecule is CC(=O)OS(=O)[O-].[K+]. The Morgan fingerprint density at radius 2 is 2.12 bits per heavy atom. The van der Waals surface area contributed by atoms with Crippen LogP contribution in [0.15, 0.2) is 0 Å². The van der Waals surface area contributed by atoms with Crippen molar-refractivity contribution in [2.75, 3.05) is 0 Å². The van der Waals surface area contributed by atoms with Gasteiger partial charge in [-0.3, -0.25) is 4.79 Å². The maximum absolute atomic E-state index is 9.64. The van der Waals surface area contributed by atoms with E-state index in [1.54, 1.807) is 0 Å². The second-order valence-electron chi connectivity index (χ2n) is 0.779. The molecule has 4 nitrogen and oxygen atoms in total. The molecule has 0 bridgehead atoms. The fourth-order valence-corrected chi connectivity index (χ4v) is 0.287. The Morgan fingerprint density at radius 1 is 1.75 bits per heavy atom. The minimum absolute atomic E-state index is 0. The molecule has 0 radical (unpaired) electrons. The van der Waals surface area contributed by atoms with Crippen LogP contribution < -0.4 is 51.4 Å². The van der Waals surface area contributed by atoms with Crippen molar-refractivity contribution < 1.29 is 69.1 Å². The number of carbonyl (C=O) groups excluding carboxylic acids is 1. The van der Waals surface area contributed by atoms with Crippen LogP contribution in [0.5, 0.6) is 0 Å². The van der Waals surface area contributed by atoms with Gasteiger partial charge in [-0.05, 0) is 0 Å². The van der Waals surface area contributed by atoms with Crippen molar-refractivity contribution in [2.24, 2.45) is 0 Å². The van der Waals surface area contributed by atoms with Crippen LogP contribution in [0, 0.1) is 0 Å². The molecule has 0 aliphatic heterocycles. The van der Waals surface area contributed by atoms with Gasteiger partial charge in [0, 0.05) is 6.92 Å². The van der Waals surface area contributed by atoms with Gasteiger partial charge in [-0.15, -0.1) is 0 Å². The first-order chi connectivity index (χ1) is 3.13. The van der Waals surface area contributed by atoms with Gasteiger partial charge >= 0.3 is 57.4 Å². The maximum Gasteiger partial charge on any atom is 1.00 e. The monoisotopic (exact) mass is 162 g/mol. The number of rotatable bonds is 1. The van der Waals surface area contributed by atoms with E-state index < -0.39 is 17.3 Å². The van der Waals surface area contributed by atoms with E-state index in [2.05, 4.69) is 4.18 Å². The van der Waals surface area contributed by atoms with Crippen LogP contribution in [0.25, 0.3) is 0 Å². The van der Waals surface area contributed by atoms with Crippen LogP contribution in [0.4, 0.5) is 0 Å².